The summed E-state index contributed by atoms with van der Waals surface area (Å²) in [6, 6.07) is 4.07. The third kappa shape index (κ3) is 1.94. The van der Waals surface area contributed by atoms with Crippen molar-refractivity contribution in [1.29, 1.82) is 0 Å². The summed E-state index contributed by atoms with van der Waals surface area (Å²) < 4.78 is 5.52. The number of piperidine rings is 1. The van der Waals surface area contributed by atoms with Gasteiger partial charge in [-0.25, -0.2) is 0 Å². The molecule has 3 heterocycles. The van der Waals surface area contributed by atoms with Crippen molar-refractivity contribution in [2.24, 2.45) is 0 Å². The zero-order chi connectivity index (χ0) is 14.4. The van der Waals surface area contributed by atoms with Crippen molar-refractivity contribution in [3.05, 3.63) is 29.0 Å². The summed E-state index contributed by atoms with van der Waals surface area (Å²) in [5, 5.41) is 10.7. The number of benzene rings is 1. The van der Waals surface area contributed by atoms with Crippen molar-refractivity contribution in [2.75, 3.05) is 6.54 Å². The lowest BCUT2D eigenvalue weighted by Crippen LogP contribution is -2.39. The second-order valence-corrected chi connectivity index (χ2v) is 5.58. The summed E-state index contributed by atoms with van der Waals surface area (Å²) in [7, 11) is 0. The minimum absolute atomic E-state index is 0.217. The van der Waals surface area contributed by atoms with Crippen LogP contribution in [0.25, 0.3) is 11.0 Å². The molecular weight excluding hydrogens is 270 g/mol. The molecule has 6 nitrogen and oxygen atoms in total. The first-order valence-electron chi connectivity index (χ1n) is 7.18. The molecule has 2 N–H and O–H groups in total. The Kier molecular flexibility index (Phi) is 2.78. The number of fused-ring (bicyclic) bond motifs is 3. The molecule has 1 atom stereocenters. The largest absolute Gasteiger partial charge is 0.356 e. The highest BCUT2D eigenvalue weighted by molar-refractivity contribution is 6.02. The van der Waals surface area contributed by atoms with Crippen molar-refractivity contribution in [3.8, 4) is 0 Å². The van der Waals surface area contributed by atoms with Crippen molar-refractivity contribution in [1.82, 2.24) is 15.8 Å². The second-order valence-electron chi connectivity index (χ2n) is 5.58. The Bertz CT molecular complexity index is 750. The third-order valence-electron chi connectivity index (χ3n) is 4.31. The van der Waals surface area contributed by atoms with Crippen LogP contribution < -0.4 is 10.6 Å². The molecule has 0 aliphatic carbocycles. The van der Waals surface area contributed by atoms with Crippen LogP contribution in [0.4, 0.5) is 0 Å². The number of carbonyl (C=O) groups excluding carboxylic acids is 2. The van der Waals surface area contributed by atoms with E-state index in [9.17, 15) is 9.59 Å². The van der Waals surface area contributed by atoms with Crippen LogP contribution >= 0.6 is 0 Å². The van der Waals surface area contributed by atoms with E-state index in [1.54, 1.807) is 0 Å². The minimum Gasteiger partial charge on any atom is -0.356 e. The fourth-order valence-electron chi connectivity index (χ4n) is 3.19. The van der Waals surface area contributed by atoms with E-state index in [4.69, 9.17) is 4.52 Å². The van der Waals surface area contributed by atoms with Gasteiger partial charge in [-0.15, -0.1) is 0 Å². The molecule has 0 radical (unpaired) electrons. The van der Waals surface area contributed by atoms with E-state index >= 15 is 0 Å². The van der Waals surface area contributed by atoms with Crippen LogP contribution in [0.1, 0.15) is 35.6 Å². The van der Waals surface area contributed by atoms with E-state index in [-0.39, 0.29) is 11.8 Å². The van der Waals surface area contributed by atoms with Crippen molar-refractivity contribution >= 4 is 22.8 Å². The minimum atomic E-state index is -0.404. The molecular formula is C15H15N3O3. The second kappa shape index (κ2) is 4.66. The lowest BCUT2D eigenvalue weighted by atomic mass is 9.91. The van der Waals surface area contributed by atoms with E-state index in [1.165, 1.54) is 5.56 Å². The SMILES string of the molecule is O=C1CCC(c2noc3c4c(ccc23)CCNC4)C(=O)N1. The summed E-state index contributed by atoms with van der Waals surface area (Å²) in [4.78, 5) is 23.3. The standard InChI is InChI=1S/C15H15N3O3/c19-12-4-3-10(15(20)17-12)13-9-2-1-8-5-6-16-7-11(8)14(9)21-18-13/h1-2,10,16H,3-7H2,(H,17,19,20). The molecule has 0 spiro atoms. The Morgan fingerprint density at radius 1 is 1.24 bits per heavy atom. The molecule has 0 saturated carbocycles. The zero-order valence-corrected chi connectivity index (χ0v) is 11.4. The van der Waals surface area contributed by atoms with E-state index < -0.39 is 5.92 Å². The number of hydrogen-bond donors (Lipinski definition) is 2. The Morgan fingerprint density at radius 3 is 3.00 bits per heavy atom. The summed E-state index contributed by atoms with van der Waals surface area (Å²) in [5.41, 5.74) is 3.81. The Balaban J connectivity index is 1.80. The predicted molar refractivity (Wildman–Crippen MR) is 74.5 cm³/mol. The summed E-state index contributed by atoms with van der Waals surface area (Å²) in [6.45, 7) is 1.73. The molecule has 2 amide bonds. The first kappa shape index (κ1) is 12.5. The predicted octanol–water partition coefficient (Wildman–Crippen LogP) is 0.994. The molecule has 21 heavy (non-hydrogen) atoms. The van der Waals surface area contributed by atoms with Crippen LogP contribution in [-0.4, -0.2) is 23.5 Å². The number of amides is 2. The Hall–Kier alpha value is -2.21. The van der Waals surface area contributed by atoms with Crippen molar-refractivity contribution in [3.63, 3.8) is 0 Å². The molecule has 0 bridgehead atoms. The molecule has 2 aromatic rings. The maximum Gasteiger partial charge on any atom is 0.235 e. The quantitative estimate of drug-likeness (QED) is 0.763. The van der Waals surface area contributed by atoms with E-state index in [1.807, 2.05) is 6.07 Å². The first-order valence-corrected chi connectivity index (χ1v) is 7.18. The number of nitrogens with zero attached hydrogens (tertiary/aromatic N) is 1. The van der Waals surface area contributed by atoms with Gasteiger partial charge in [0.15, 0.2) is 5.58 Å². The average molecular weight is 285 g/mol. The molecule has 1 aromatic carbocycles. The topological polar surface area (TPSA) is 84.2 Å². The summed E-state index contributed by atoms with van der Waals surface area (Å²) in [6.07, 6.45) is 1.80. The van der Waals surface area contributed by atoms with Crippen LogP contribution in [0.2, 0.25) is 0 Å². The molecule has 1 unspecified atom stereocenters. The number of imide groups is 1. The van der Waals surface area contributed by atoms with Gasteiger partial charge < -0.3 is 9.84 Å². The molecule has 108 valence electrons. The number of hydrogen-bond acceptors (Lipinski definition) is 5. The normalized spacial score (nSPS) is 22.2. The van der Waals surface area contributed by atoms with Crippen molar-refractivity contribution < 1.29 is 14.1 Å². The molecule has 2 aliphatic heterocycles. The number of carbonyl (C=O) groups is 2. The monoisotopic (exact) mass is 285 g/mol. The van der Waals surface area contributed by atoms with Gasteiger partial charge in [-0.1, -0.05) is 11.2 Å². The highest BCUT2D eigenvalue weighted by Gasteiger charge is 2.32. The van der Waals surface area contributed by atoms with Crippen LogP contribution in [0, 0.1) is 0 Å². The zero-order valence-electron chi connectivity index (χ0n) is 11.4. The van der Waals surface area contributed by atoms with Gasteiger partial charge in [0.25, 0.3) is 0 Å². The number of rotatable bonds is 1. The van der Waals surface area contributed by atoms with Crippen LogP contribution in [0.5, 0.6) is 0 Å². The summed E-state index contributed by atoms with van der Waals surface area (Å²) in [5.74, 6) is -0.901. The maximum atomic E-state index is 12.0. The van der Waals surface area contributed by atoms with E-state index in [0.717, 1.165) is 36.0 Å². The highest BCUT2D eigenvalue weighted by atomic mass is 16.5. The molecule has 6 heteroatoms. The fraction of sp³-hybridized carbons (Fsp3) is 0.400. The van der Waals surface area contributed by atoms with Gasteiger partial charge >= 0.3 is 0 Å². The third-order valence-corrected chi connectivity index (χ3v) is 4.31. The van der Waals surface area contributed by atoms with Gasteiger partial charge in [0, 0.05) is 23.9 Å². The van der Waals surface area contributed by atoms with Gasteiger partial charge in [0.1, 0.15) is 5.69 Å². The van der Waals surface area contributed by atoms with Gasteiger partial charge in [-0.05, 0) is 31.0 Å². The van der Waals surface area contributed by atoms with Crippen LogP contribution in [-0.2, 0) is 22.6 Å². The lowest BCUT2D eigenvalue weighted by Gasteiger charge is -2.19. The van der Waals surface area contributed by atoms with Gasteiger partial charge in [-0.3, -0.25) is 14.9 Å². The highest BCUT2D eigenvalue weighted by Crippen LogP contribution is 2.33. The fourth-order valence-corrected chi connectivity index (χ4v) is 3.19. The Labute approximate surface area is 120 Å². The molecule has 1 saturated heterocycles. The van der Waals surface area contributed by atoms with Gasteiger partial charge in [0.2, 0.25) is 11.8 Å². The smallest absolute Gasteiger partial charge is 0.235 e. The molecule has 1 aromatic heterocycles. The summed E-state index contributed by atoms with van der Waals surface area (Å²) >= 11 is 0. The van der Waals surface area contributed by atoms with Crippen LogP contribution in [0.3, 0.4) is 0 Å². The molecule has 4 rings (SSSR count). The average Bonchev–Trinajstić information content (AvgIpc) is 2.91. The Morgan fingerprint density at radius 2 is 2.14 bits per heavy atom. The first-order chi connectivity index (χ1) is 10.2. The van der Waals surface area contributed by atoms with E-state index in [0.29, 0.717) is 18.5 Å². The van der Waals surface area contributed by atoms with Gasteiger partial charge in [0.05, 0.1) is 5.92 Å². The van der Waals surface area contributed by atoms with Gasteiger partial charge in [-0.2, -0.15) is 0 Å². The van der Waals surface area contributed by atoms with Crippen molar-refractivity contribution in [2.45, 2.75) is 31.7 Å². The number of aromatic nitrogens is 1. The maximum absolute atomic E-state index is 12.0. The molecule has 1 fully saturated rings. The molecule has 2 aliphatic rings. The van der Waals surface area contributed by atoms with E-state index in [2.05, 4.69) is 21.9 Å². The lowest BCUT2D eigenvalue weighted by molar-refractivity contribution is -0.134. The number of nitrogens with one attached hydrogen (secondary N) is 2. The van der Waals surface area contributed by atoms with Crippen LogP contribution in [0.15, 0.2) is 16.7 Å².